The van der Waals surface area contributed by atoms with E-state index in [2.05, 4.69) is 5.32 Å². The van der Waals surface area contributed by atoms with Gasteiger partial charge in [0.1, 0.15) is 0 Å². The summed E-state index contributed by atoms with van der Waals surface area (Å²) in [5, 5.41) is 11.6. The largest absolute Gasteiger partial charge is 0.322 e. The Balaban J connectivity index is 1.82. The van der Waals surface area contributed by atoms with Crippen molar-refractivity contribution in [2.45, 2.75) is 13.8 Å². The molecule has 0 spiro atoms. The van der Waals surface area contributed by atoms with Gasteiger partial charge in [-0.2, -0.15) is 0 Å². The van der Waals surface area contributed by atoms with Gasteiger partial charge in [0.05, 0.1) is 0 Å². The van der Waals surface area contributed by atoms with Crippen molar-refractivity contribution in [3.8, 4) is 11.1 Å². The van der Waals surface area contributed by atoms with Gasteiger partial charge in [0.15, 0.2) is 0 Å². The summed E-state index contributed by atoms with van der Waals surface area (Å²) in [4.78, 5) is 24.0. The molecular weight excluding hydrogens is 340 g/mol. The highest BCUT2D eigenvalue weighted by molar-refractivity contribution is 6.05. The molecule has 0 atom stereocenters. The lowest BCUT2D eigenvalue weighted by atomic mass is 10.0. The van der Waals surface area contributed by atoms with Crippen molar-refractivity contribution in [2.24, 2.45) is 0 Å². The van der Waals surface area contributed by atoms with E-state index >= 15 is 0 Å². The molecule has 0 unspecified atom stereocenters. The number of hydroxylamine groups is 1. The first kappa shape index (κ1) is 18.4. The van der Waals surface area contributed by atoms with Crippen LogP contribution in [0.1, 0.15) is 31.8 Å². The van der Waals surface area contributed by atoms with Crippen molar-refractivity contribution in [2.75, 3.05) is 5.32 Å². The molecule has 3 rings (SSSR count). The molecule has 2 amide bonds. The molecule has 3 N–H and O–H groups in total. The molecule has 3 aromatic rings. The smallest absolute Gasteiger partial charge is 0.274 e. The van der Waals surface area contributed by atoms with Gasteiger partial charge in [-0.3, -0.25) is 14.8 Å². The summed E-state index contributed by atoms with van der Waals surface area (Å²) in [5.41, 5.74) is 7.15. The average Bonchev–Trinajstić information content (AvgIpc) is 2.69. The number of aryl methyl sites for hydroxylation is 1. The van der Waals surface area contributed by atoms with Gasteiger partial charge >= 0.3 is 0 Å². The van der Waals surface area contributed by atoms with Gasteiger partial charge < -0.3 is 5.32 Å². The second-order valence-corrected chi connectivity index (χ2v) is 6.30. The van der Waals surface area contributed by atoms with Crippen LogP contribution < -0.4 is 10.8 Å². The first-order chi connectivity index (χ1) is 13.0. The number of carbonyl (C=O) groups is 2. The van der Waals surface area contributed by atoms with Crippen LogP contribution in [0.3, 0.4) is 0 Å². The Kier molecular flexibility index (Phi) is 5.33. The van der Waals surface area contributed by atoms with Crippen LogP contribution in [0, 0.1) is 13.8 Å². The van der Waals surface area contributed by atoms with Crippen LogP contribution in [0.15, 0.2) is 66.7 Å². The van der Waals surface area contributed by atoms with Crippen LogP contribution in [0.5, 0.6) is 0 Å². The molecular formula is C22H20N2O3. The summed E-state index contributed by atoms with van der Waals surface area (Å²) < 4.78 is 0. The maximum absolute atomic E-state index is 12.6. The molecule has 3 aromatic carbocycles. The molecule has 0 heterocycles. The Bertz CT molecular complexity index is 995. The highest BCUT2D eigenvalue weighted by Crippen LogP contribution is 2.24. The van der Waals surface area contributed by atoms with Gasteiger partial charge in [0.2, 0.25) is 0 Å². The first-order valence-corrected chi connectivity index (χ1v) is 8.52. The monoisotopic (exact) mass is 360 g/mol. The molecule has 0 aromatic heterocycles. The quantitative estimate of drug-likeness (QED) is 0.478. The zero-order valence-corrected chi connectivity index (χ0v) is 15.1. The normalized spacial score (nSPS) is 10.3. The Morgan fingerprint density at radius 2 is 1.52 bits per heavy atom. The molecule has 5 nitrogen and oxygen atoms in total. The van der Waals surface area contributed by atoms with Gasteiger partial charge in [-0.15, -0.1) is 0 Å². The third-order valence-electron chi connectivity index (χ3n) is 4.55. The van der Waals surface area contributed by atoms with Crippen LogP contribution in [-0.2, 0) is 0 Å². The van der Waals surface area contributed by atoms with Gasteiger partial charge in [0.25, 0.3) is 11.8 Å². The third kappa shape index (κ3) is 4.04. The van der Waals surface area contributed by atoms with E-state index in [0.29, 0.717) is 16.8 Å². The van der Waals surface area contributed by atoms with Gasteiger partial charge in [0, 0.05) is 16.8 Å². The van der Waals surface area contributed by atoms with Gasteiger partial charge in [-0.25, -0.2) is 5.48 Å². The second-order valence-electron chi connectivity index (χ2n) is 6.30. The molecule has 0 saturated heterocycles. The molecule has 0 radical (unpaired) electrons. The molecule has 5 heteroatoms. The van der Waals surface area contributed by atoms with Crippen molar-refractivity contribution < 1.29 is 14.8 Å². The fourth-order valence-electron chi connectivity index (χ4n) is 2.85. The van der Waals surface area contributed by atoms with Crippen molar-refractivity contribution in [3.63, 3.8) is 0 Å². The number of amides is 2. The van der Waals surface area contributed by atoms with Crippen LogP contribution in [0.2, 0.25) is 0 Å². The number of anilines is 1. The standard InChI is InChI=1S/C22H20N2O3/c1-14-5-3-8-20(15(14)2)22(26)23-19-7-4-6-18(13-19)16-9-11-17(12-10-16)21(25)24-27/h3-13,27H,1-2H3,(H,23,26)(H,24,25). The molecule has 0 aliphatic carbocycles. The number of nitrogens with one attached hydrogen (secondary N) is 2. The summed E-state index contributed by atoms with van der Waals surface area (Å²) in [5.74, 6) is -0.709. The summed E-state index contributed by atoms with van der Waals surface area (Å²) in [6.07, 6.45) is 0. The number of hydrogen-bond donors (Lipinski definition) is 3. The van der Waals surface area contributed by atoms with E-state index in [1.807, 2.05) is 56.3 Å². The Morgan fingerprint density at radius 1 is 0.815 bits per heavy atom. The van der Waals surface area contributed by atoms with Crippen molar-refractivity contribution in [1.82, 2.24) is 5.48 Å². The molecule has 0 aliphatic rings. The maximum Gasteiger partial charge on any atom is 0.274 e. The number of benzene rings is 3. The fraction of sp³-hybridized carbons (Fsp3) is 0.0909. The number of hydrogen-bond acceptors (Lipinski definition) is 3. The van der Waals surface area contributed by atoms with E-state index in [1.54, 1.807) is 29.7 Å². The molecule has 27 heavy (non-hydrogen) atoms. The van der Waals surface area contributed by atoms with Crippen LogP contribution in [0.25, 0.3) is 11.1 Å². The summed E-state index contributed by atoms with van der Waals surface area (Å²) in [7, 11) is 0. The fourth-order valence-corrected chi connectivity index (χ4v) is 2.85. The van der Waals surface area contributed by atoms with Crippen LogP contribution >= 0.6 is 0 Å². The predicted molar refractivity (Wildman–Crippen MR) is 105 cm³/mol. The lowest BCUT2D eigenvalue weighted by molar-refractivity contribution is 0.0706. The maximum atomic E-state index is 12.6. The minimum absolute atomic E-state index is 0.150. The zero-order chi connectivity index (χ0) is 19.4. The van der Waals surface area contributed by atoms with Gasteiger partial charge in [-0.1, -0.05) is 36.4 Å². The SMILES string of the molecule is Cc1cccc(C(=O)Nc2cccc(-c3ccc(C(=O)NO)cc3)c2)c1C. The van der Waals surface area contributed by atoms with E-state index in [1.165, 1.54) is 0 Å². The van der Waals surface area contributed by atoms with E-state index in [4.69, 9.17) is 5.21 Å². The summed E-state index contributed by atoms with van der Waals surface area (Å²) in [6, 6.07) is 20.0. The Morgan fingerprint density at radius 3 is 2.22 bits per heavy atom. The zero-order valence-electron chi connectivity index (χ0n) is 15.1. The minimum atomic E-state index is -0.559. The highest BCUT2D eigenvalue weighted by Gasteiger charge is 2.11. The second kappa shape index (κ2) is 7.85. The topological polar surface area (TPSA) is 78.4 Å². The van der Waals surface area contributed by atoms with E-state index < -0.39 is 5.91 Å². The lowest BCUT2D eigenvalue weighted by Gasteiger charge is -2.11. The minimum Gasteiger partial charge on any atom is -0.322 e. The van der Waals surface area contributed by atoms with E-state index in [0.717, 1.165) is 22.3 Å². The molecule has 0 bridgehead atoms. The Hall–Kier alpha value is -3.44. The van der Waals surface area contributed by atoms with Crippen molar-refractivity contribution in [3.05, 3.63) is 89.0 Å². The molecule has 0 fully saturated rings. The first-order valence-electron chi connectivity index (χ1n) is 8.52. The molecule has 0 saturated carbocycles. The number of carbonyl (C=O) groups excluding carboxylic acids is 2. The molecule has 0 aliphatic heterocycles. The van der Waals surface area contributed by atoms with Crippen LogP contribution in [-0.4, -0.2) is 17.0 Å². The van der Waals surface area contributed by atoms with E-state index in [9.17, 15) is 9.59 Å². The molecule has 136 valence electrons. The Labute approximate surface area is 157 Å². The van der Waals surface area contributed by atoms with Crippen molar-refractivity contribution in [1.29, 1.82) is 0 Å². The third-order valence-corrected chi connectivity index (χ3v) is 4.55. The predicted octanol–water partition coefficient (Wildman–Crippen LogP) is 4.34. The van der Waals surface area contributed by atoms with Crippen molar-refractivity contribution >= 4 is 17.5 Å². The lowest BCUT2D eigenvalue weighted by Crippen LogP contribution is -2.18. The van der Waals surface area contributed by atoms with Gasteiger partial charge in [-0.05, 0) is 66.4 Å². The summed E-state index contributed by atoms with van der Waals surface area (Å²) >= 11 is 0. The highest BCUT2D eigenvalue weighted by atomic mass is 16.5. The van der Waals surface area contributed by atoms with Crippen LogP contribution in [0.4, 0.5) is 5.69 Å². The number of rotatable bonds is 4. The average molecular weight is 360 g/mol. The van der Waals surface area contributed by atoms with E-state index in [-0.39, 0.29) is 5.91 Å². The summed E-state index contributed by atoms with van der Waals surface area (Å²) in [6.45, 7) is 3.91.